The molecule has 1 amide bonds. The molecule has 0 bridgehead atoms. The predicted octanol–water partition coefficient (Wildman–Crippen LogP) is 3.87. The number of ether oxygens (including phenoxy) is 1. The molecule has 28 heavy (non-hydrogen) atoms. The predicted molar refractivity (Wildman–Crippen MR) is 105 cm³/mol. The van der Waals surface area contributed by atoms with Crippen molar-refractivity contribution >= 4 is 16.8 Å². The second-order valence-corrected chi connectivity index (χ2v) is 6.95. The van der Waals surface area contributed by atoms with Gasteiger partial charge in [0.2, 0.25) is 0 Å². The molecular formula is C22H21FN2O3. The third-order valence-corrected chi connectivity index (χ3v) is 4.90. The van der Waals surface area contributed by atoms with E-state index in [0.717, 1.165) is 24.0 Å². The smallest absolute Gasteiger partial charge is 0.257 e. The minimum absolute atomic E-state index is 0.0326. The van der Waals surface area contributed by atoms with Crippen LogP contribution in [0.3, 0.4) is 0 Å². The number of pyridine rings is 1. The molecule has 0 aliphatic heterocycles. The summed E-state index contributed by atoms with van der Waals surface area (Å²) in [6.45, 7) is 2.60. The zero-order valence-corrected chi connectivity index (χ0v) is 15.6. The number of hydrogen-bond donors (Lipinski definition) is 1. The Morgan fingerprint density at radius 1 is 1.21 bits per heavy atom. The minimum atomic E-state index is -0.549. The molecule has 1 N–H and O–H groups in total. The van der Waals surface area contributed by atoms with Crippen molar-refractivity contribution < 1.29 is 13.9 Å². The van der Waals surface area contributed by atoms with Gasteiger partial charge in [-0.3, -0.25) is 9.59 Å². The molecule has 0 saturated heterocycles. The van der Waals surface area contributed by atoms with E-state index in [1.165, 1.54) is 12.1 Å². The first-order chi connectivity index (χ1) is 13.6. The standard InChI is InChI=1S/C22H21FN2O3/c1-2-28-17-9-10-20-14(12-17)11-15(21(26)24-20)13-25(16-7-8-16)22(27)18-5-3-4-6-19(18)23/h3-6,9-12,16H,2,7-8,13H2,1H3,(H,24,26). The van der Waals surface area contributed by atoms with Gasteiger partial charge in [-0.1, -0.05) is 12.1 Å². The van der Waals surface area contributed by atoms with Crippen LogP contribution in [-0.2, 0) is 6.54 Å². The van der Waals surface area contributed by atoms with E-state index in [2.05, 4.69) is 4.98 Å². The summed E-state index contributed by atoms with van der Waals surface area (Å²) in [5, 5.41) is 0.828. The van der Waals surface area contributed by atoms with Gasteiger partial charge in [-0.15, -0.1) is 0 Å². The second-order valence-electron chi connectivity index (χ2n) is 6.95. The molecule has 1 aromatic heterocycles. The number of fused-ring (bicyclic) bond motifs is 1. The van der Waals surface area contributed by atoms with Gasteiger partial charge >= 0.3 is 0 Å². The average molecular weight is 380 g/mol. The Kier molecular flexibility index (Phi) is 4.86. The van der Waals surface area contributed by atoms with E-state index in [0.29, 0.717) is 17.7 Å². The summed E-state index contributed by atoms with van der Waals surface area (Å²) >= 11 is 0. The SMILES string of the molecule is CCOc1ccc2[nH]c(=O)c(CN(C(=O)c3ccccc3F)C3CC3)cc2c1. The summed E-state index contributed by atoms with van der Waals surface area (Å²) in [5.74, 6) is -0.218. The van der Waals surface area contributed by atoms with E-state index in [1.54, 1.807) is 35.2 Å². The molecule has 0 unspecified atom stereocenters. The summed E-state index contributed by atoms with van der Waals surface area (Å²) in [7, 11) is 0. The van der Waals surface area contributed by atoms with Crippen LogP contribution in [0.1, 0.15) is 35.7 Å². The summed E-state index contributed by atoms with van der Waals surface area (Å²) in [6.07, 6.45) is 1.72. The summed E-state index contributed by atoms with van der Waals surface area (Å²) in [4.78, 5) is 29.9. The van der Waals surface area contributed by atoms with Crippen LogP contribution in [-0.4, -0.2) is 28.4 Å². The topological polar surface area (TPSA) is 62.4 Å². The Hall–Kier alpha value is -3.15. The van der Waals surface area contributed by atoms with Crippen molar-refractivity contribution in [2.75, 3.05) is 6.61 Å². The Morgan fingerprint density at radius 2 is 2.00 bits per heavy atom. The number of amides is 1. The zero-order chi connectivity index (χ0) is 19.7. The van der Waals surface area contributed by atoms with Crippen LogP contribution in [0.4, 0.5) is 4.39 Å². The first-order valence-electron chi connectivity index (χ1n) is 9.41. The van der Waals surface area contributed by atoms with Gasteiger partial charge in [-0.2, -0.15) is 0 Å². The van der Waals surface area contributed by atoms with Crippen molar-refractivity contribution in [3.05, 3.63) is 75.8 Å². The van der Waals surface area contributed by atoms with Gasteiger partial charge in [-0.05, 0) is 56.2 Å². The highest BCUT2D eigenvalue weighted by Crippen LogP contribution is 2.30. The van der Waals surface area contributed by atoms with E-state index in [4.69, 9.17) is 4.74 Å². The summed E-state index contributed by atoms with van der Waals surface area (Å²) < 4.78 is 19.6. The molecule has 0 spiro atoms. The molecule has 1 fully saturated rings. The molecule has 1 aliphatic rings. The van der Waals surface area contributed by atoms with E-state index >= 15 is 0 Å². The van der Waals surface area contributed by atoms with Crippen LogP contribution >= 0.6 is 0 Å². The van der Waals surface area contributed by atoms with Gasteiger partial charge in [0, 0.05) is 22.5 Å². The second kappa shape index (κ2) is 7.46. The third kappa shape index (κ3) is 3.63. The van der Waals surface area contributed by atoms with Crippen LogP contribution in [0.25, 0.3) is 10.9 Å². The van der Waals surface area contributed by atoms with E-state index < -0.39 is 5.82 Å². The van der Waals surface area contributed by atoms with Crippen molar-refractivity contribution in [2.24, 2.45) is 0 Å². The lowest BCUT2D eigenvalue weighted by atomic mass is 10.1. The molecule has 1 saturated carbocycles. The van der Waals surface area contributed by atoms with E-state index in [1.807, 2.05) is 13.0 Å². The van der Waals surface area contributed by atoms with Gasteiger partial charge in [0.25, 0.3) is 11.5 Å². The molecule has 2 aromatic carbocycles. The maximum atomic E-state index is 14.1. The average Bonchev–Trinajstić information content (AvgIpc) is 3.52. The largest absolute Gasteiger partial charge is 0.494 e. The zero-order valence-electron chi connectivity index (χ0n) is 15.6. The number of halogens is 1. The van der Waals surface area contributed by atoms with E-state index in [-0.39, 0.29) is 29.6 Å². The quantitative estimate of drug-likeness (QED) is 0.706. The molecule has 5 nitrogen and oxygen atoms in total. The van der Waals surface area contributed by atoms with Gasteiger partial charge in [0.05, 0.1) is 18.7 Å². The first-order valence-corrected chi connectivity index (χ1v) is 9.41. The van der Waals surface area contributed by atoms with Crippen LogP contribution in [0.5, 0.6) is 5.75 Å². The van der Waals surface area contributed by atoms with Crippen LogP contribution in [0.15, 0.2) is 53.3 Å². The first kappa shape index (κ1) is 18.2. The lowest BCUT2D eigenvalue weighted by Gasteiger charge is -2.22. The van der Waals surface area contributed by atoms with Gasteiger partial charge in [0.15, 0.2) is 0 Å². The number of aromatic nitrogens is 1. The number of nitrogens with one attached hydrogen (secondary N) is 1. The Bertz CT molecular complexity index is 1090. The fourth-order valence-electron chi connectivity index (χ4n) is 3.33. The van der Waals surface area contributed by atoms with Crippen molar-refractivity contribution in [1.29, 1.82) is 0 Å². The molecular weight excluding hydrogens is 359 g/mol. The Labute approximate surface area is 161 Å². The van der Waals surface area contributed by atoms with Crippen LogP contribution in [0, 0.1) is 5.82 Å². The molecule has 3 aromatic rings. The normalized spacial score (nSPS) is 13.5. The van der Waals surface area contributed by atoms with Crippen LogP contribution < -0.4 is 10.3 Å². The molecule has 4 rings (SSSR count). The number of hydrogen-bond acceptors (Lipinski definition) is 3. The van der Waals surface area contributed by atoms with Crippen molar-refractivity contribution in [3.8, 4) is 5.75 Å². The lowest BCUT2D eigenvalue weighted by molar-refractivity contribution is 0.0724. The van der Waals surface area contributed by atoms with Gasteiger partial charge in [-0.25, -0.2) is 4.39 Å². The molecule has 1 heterocycles. The monoisotopic (exact) mass is 380 g/mol. The highest BCUT2D eigenvalue weighted by atomic mass is 19.1. The number of carbonyl (C=O) groups is 1. The maximum Gasteiger partial charge on any atom is 0.257 e. The lowest BCUT2D eigenvalue weighted by Crippen LogP contribution is -2.35. The maximum absolute atomic E-state index is 14.1. The minimum Gasteiger partial charge on any atom is -0.494 e. The number of benzene rings is 2. The Morgan fingerprint density at radius 3 is 2.71 bits per heavy atom. The highest BCUT2D eigenvalue weighted by molar-refractivity contribution is 5.95. The number of H-pyrrole nitrogens is 1. The summed E-state index contributed by atoms with van der Waals surface area (Å²) in [5.41, 5.74) is 0.960. The van der Waals surface area contributed by atoms with E-state index in [9.17, 15) is 14.0 Å². The van der Waals surface area contributed by atoms with Crippen molar-refractivity contribution in [2.45, 2.75) is 32.4 Å². The number of carbonyl (C=O) groups excluding carboxylic acids is 1. The highest BCUT2D eigenvalue weighted by Gasteiger charge is 2.34. The Balaban J connectivity index is 1.68. The fraction of sp³-hybridized carbons (Fsp3) is 0.273. The number of nitrogens with zero attached hydrogens (tertiary/aromatic N) is 1. The fourth-order valence-corrected chi connectivity index (χ4v) is 3.33. The molecule has 0 radical (unpaired) electrons. The molecule has 0 atom stereocenters. The van der Waals surface area contributed by atoms with Gasteiger partial charge < -0.3 is 14.6 Å². The molecule has 1 aliphatic carbocycles. The van der Waals surface area contributed by atoms with Crippen molar-refractivity contribution in [3.63, 3.8) is 0 Å². The van der Waals surface area contributed by atoms with Crippen molar-refractivity contribution in [1.82, 2.24) is 9.88 Å². The molecule has 6 heteroatoms. The van der Waals surface area contributed by atoms with Gasteiger partial charge in [0.1, 0.15) is 11.6 Å². The van der Waals surface area contributed by atoms with Crippen LogP contribution in [0.2, 0.25) is 0 Å². The number of rotatable bonds is 6. The molecule has 144 valence electrons. The number of aromatic amines is 1. The summed E-state index contributed by atoms with van der Waals surface area (Å²) in [6, 6.07) is 13.2. The third-order valence-electron chi connectivity index (χ3n) is 4.90.